The molecule has 2 rings (SSSR count). The highest BCUT2D eigenvalue weighted by Crippen LogP contribution is 2.30. The van der Waals surface area contributed by atoms with E-state index in [1.54, 1.807) is 0 Å². The minimum atomic E-state index is 0.0779. The van der Waals surface area contributed by atoms with Gasteiger partial charge in [0.2, 0.25) is 0 Å². The van der Waals surface area contributed by atoms with Crippen LogP contribution in [0.4, 0.5) is 0 Å². The molecule has 1 aliphatic carbocycles. The van der Waals surface area contributed by atoms with E-state index in [0.29, 0.717) is 6.61 Å². The van der Waals surface area contributed by atoms with Crippen LogP contribution in [0.2, 0.25) is 0 Å². The highest BCUT2D eigenvalue weighted by Gasteiger charge is 2.16. The summed E-state index contributed by atoms with van der Waals surface area (Å²) in [7, 11) is 0. The molecule has 0 aromatic heterocycles. The lowest BCUT2D eigenvalue weighted by atomic mass is 10.1. The van der Waals surface area contributed by atoms with Crippen molar-refractivity contribution in [1.82, 2.24) is 0 Å². The van der Waals surface area contributed by atoms with Crippen LogP contribution in [0.5, 0.6) is 5.75 Å². The van der Waals surface area contributed by atoms with Crippen LogP contribution in [0.1, 0.15) is 44.2 Å². The standard InChI is InChI=1S/C16H25NOS/c1-2-18-16-10-6-5-9-14(16)15(17)12-19-11-13-7-3-4-8-13/h5-6,9-10,13,15H,2-4,7-8,11-12,17H2,1H3. The molecule has 1 fully saturated rings. The van der Waals surface area contributed by atoms with Gasteiger partial charge in [-0.3, -0.25) is 0 Å². The van der Waals surface area contributed by atoms with E-state index in [4.69, 9.17) is 10.5 Å². The number of para-hydroxylation sites is 1. The van der Waals surface area contributed by atoms with Gasteiger partial charge in [-0.1, -0.05) is 31.0 Å². The maximum atomic E-state index is 6.31. The van der Waals surface area contributed by atoms with Gasteiger partial charge >= 0.3 is 0 Å². The summed E-state index contributed by atoms with van der Waals surface area (Å²) in [4.78, 5) is 0. The zero-order valence-corrected chi connectivity index (χ0v) is 12.6. The number of thioether (sulfide) groups is 1. The average molecular weight is 279 g/mol. The number of ether oxygens (including phenoxy) is 1. The number of benzene rings is 1. The lowest BCUT2D eigenvalue weighted by Gasteiger charge is -2.17. The number of nitrogens with two attached hydrogens (primary N) is 1. The first-order chi connectivity index (χ1) is 9.31. The number of hydrogen-bond acceptors (Lipinski definition) is 3. The molecule has 1 atom stereocenters. The van der Waals surface area contributed by atoms with Crippen molar-refractivity contribution in [2.45, 2.75) is 38.6 Å². The second kappa shape index (κ2) is 7.81. The Balaban J connectivity index is 1.82. The van der Waals surface area contributed by atoms with E-state index < -0.39 is 0 Å². The molecule has 0 spiro atoms. The van der Waals surface area contributed by atoms with Crippen molar-refractivity contribution in [1.29, 1.82) is 0 Å². The minimum absolute atomic E-state index is 0.0779. The Morgan fingerprint density at radius 3 is 2.79 bits per heavy atom. The highest BCUT2D eigenvalue weighted by molar-refractivity contribution is 7.99. The molecule has 0 bridgehead atoms. The molecule has 0 aliphatic heterocycles. The third-order valence-corrected chi connectivity index (χ3v) is 5.05. The summed E-state index contributed by atoms with van der Waals surface area (Å²) < 4.78 is 5.65. The molecule has 0 amide bonds. The molecule has 1 saturated carbocycles. The van der Waals surface area contributed by atoms with Crippen LogP contribution in [-0.4, -0.2) is 18.1 Å². The molecule has 1 aromatic carbocycles. The van der Waals surface area contributed by atoms with Gasteiger partial charge < -0.3 is 10.5 Å². The van der Waals surface area contributed by atoms with Crippen molar-refractivity contribution >= 4 is 11.8 Å². The van der Waals surface area contributed by atoms with Crippen molar-refractivity contribution in [3.63, 3.8) is 0 Å². The molecular formula is C16H25NOS. The Morgan fingerprint density at radius 1 is 1.32 bits per heavy atom. The largest absolute Gasteiger partial charge is 0.494 e. The molecule has 0 saturated heterocycles. The summed E-state index contributed by atoms with van der Waals surface area (Å²) >= 11 is 2.00. The lowest BCUT2D eigenvalue weighted by molar-refractivity contribution is 0.335. The van der Waals surface area contributed by atoms with Crippen LogP contribution in [-0.2, 0) is 0 Å². The lowest BCUT2D eigenvalue weighted by Crippen LogP contribution is -2.15. The van der Waals surface area contributed by atoms with Crippen LogP contribution < -0.4 is 10.5 Å². The summed E-state index contributed by atoms with van der Waals surface area (Å²) in [5.41, 5.74) is 7.45. The SMILES string of the molecule is CCOc1ccccc1C(N)CSCC1CCCC1. The van der Waals surface area contributed by atoms with Gasteiger partial charge in [0.05, 0.1) is 6.61 Å². The third kappa shape index (κ3) is 4.43. The van der Waals surface area contributed by atoms with Gasteiger partial charge in [-0.25, -0.2) is 0 Å². The zero-order chi connectivity index (χ0) is 13.5. The average Bonchev–Trinajstić information content (AvgIpc) is 2.93. The highest BCUT2D eigenvalue weighted by atomic mass is 32.2. The monoisotopic (exact) mass is 279 g/mol. The van der Waals surface area contributed by atoms with Gasteiger partial charge in [-0.15, -0.1) is 0 Å². The molecule has 0 radical (unpaired) electrons. The van der Waals surface area contributed by atoms with Crippen LogP contribution in [0, 0.1) is 5.92 Å². The maximum absolute atomic E-state index is 6.31. The molecular weight excluding hydrogens is 254 g/mol. The van der Waals surface area contributed by atoms with Crippen molar-refractivity contribution < 1.29 is 4.74 Å². The number of rotatable bonds is 7. The van der Waals surface area contributed by atoms with Gasteiger partial charge in [-0.05, 0) is 37.5 Å². The Hall–Kier alpha value is -0.670. The topological polar surface area (TPSA) is 35.2 Å². The molecule has 3 heteroatoms. The molecule has 2 nitrogen and oxygen atoms in total. The summed E-state index contributed by atoms with van der Waals surface area (Å²) in [6.45, 7) is 2.70. The first-order valence-corrected chi connectivity index (χ1v) is 8.51. The van der Waals surface area contributed by atoms with Gasteiger partial charge in [0, 0.05) is 17.4 Å². The molecule has 1 unspecified atom stereocenters. The normalized spacial score (nSPS) is 17.6. The Labute approximate surface area is 121 Å². The predicted octanol–water partition coefficient (Wildman–Crippen LogP) is 4.01. The smallest absolute Gasteiger partial charge is 0.124 e. The van der Waals surface area contributed by atoms with Crippen molar-refractivity contribution in [3.8, 4) is 5.75 Å². The van der Waals surface area contributed by atoms with E-state index in [1.165, 1.54) is 31.4 Å². The quantitative estimate of drug-likeness (QED) is 0.819. The van der Waals surface area contributed by atoms with E-state index in [-0.39, 0.29) is 6.04 Å². The van der Waals surface area contributed by atoms with E-state index in [0.717, 1.165) is 23.0 Å². The van der Waals surface area contributed by atoms with Crippen LogP contribution >= 0.6 is 11.8 Å². The second-order valence-corrected chi connectivity index (χ2v) is 6.34. The fourth-order valence-electron chi connectivity index (χ4n) is 2.70. The fraction of sp³-hybridized carbons (Fsp3) is 0.625. The zero-order valence-electron chi connectivity index (χ0n) is 11.8. The molecule has 1 aromatic rings. The Bertz CT molecular complexity index is 377. The predicted molar refractivity (Wildman–Crippen MR) is 83.8 cm³/mol. The van der Waals surface area contributed by atoms with E-state index in [2.05, 4.69) is 6.07 Å². The van der Waals surface area contributed by atoms with Crippen molar-refractivity contribution in [2.24, 2.45) is 11.7 Å². The van der Waals surface area contributed by atoms with Crippen LogP contribution in [0.3, 0.4) is 0 Å². The number of hydrogen-bond donors (Lipinski definition) is 1. The maximum Gasteiger partial charge on any atom is 0.124 e. The molecule has 19 heavy (non-hydrogen) atoms. The summed E-state index contributed by atoms with van der Waals surface area (Å²) in [5.74, 6) is 4.13. The van der Waals surface area contributed by atoms with Crippen LogP contribution in [0.25, 0.3) is 0 Å². The summed E-state index contributed by atoms with van der Waals surface area (Å²) in [5, 5.41) is 0. The first kappa shape index (κ1) is 14.7. The molecule has 2 N–H and O–H groups in total. The second-order valence-electron chi connectivity index (χ2n) is 5.27. The van der Waals surface area contributed by atoms with Gasteiger partial charge in [0.15, 0.2) is 0 Å². The van der Waals surface area contributed by atoms with Crippen molar-refractivity contribution in [2.75, 3.05) is 18.1 Å². The van der Waals surface area contributed by atoms with E-state index >= 15 is 0 Å². The van der Waals surface area contributed by atoms with Gasteiger partial charge in [-0.2, -0.15) is 11.8 Å². The third-order valence-electron chi connectivity index (χ3n) is 3.74. The Kier molecular flexibility index (Phi) is 6.05. The first-order valence-electron chi connectivity index (χ1n) is 7.36. The summed E-state index contributed by atoms with van der Waals surface area (Å²) in [6, 6.07) is 8.23. The minimum Gasteiger partial charge on any atom is -0.494 e. The molecule has 1 aliphatic rings. The fourth-order valence-corrected chi connectivity index (χ4v) is 3.94. The molecule has 106 valence electrons. The van der Waals surface area contributed by atoms with Gasteiger partial charge in [0.1, 0.15) is 5.75 Å². The van der Waals surface area contributed by atoms with E-state index in [9.17, 15) is 0 Å². The summed E-state index contributed by atoms with van der Waals surface area (Å²) in [6.07, 6.45) is 5.67. The van der Waals surface area contributed by atoms with Crippen molar-refractivity contribution in [3.05, 3.63) is 29.8 Å². The Morgan fingerprint density at radius 2 is 2.05 bits per heavy atom. The van der Waals surface area contributed by atoms with E-state index in [1.807, 2.05) is 36.9 Å². The van der Waals surface area contributed by atoms with Crippen LogP contribution in [0.15, 0.2) is 24.3 Å². The molecule has 0 heterocycles. The van der Waals surface area contributed by atoms with Gasteiger partial charge in [0.25, 0.3) is 0 Å².